The Morgan fingerprint density at radius 1 is 1.12 bits per heavy atom. The zero-order chi connectivity index (χ0) is 12.7. The van der Waals surface area contributed by atoms with Crippen LogP contribution in [0.5, 0.6) is 0 Å². The molecule has 0 radical (unpaired) electrons. The van der Waals surface area contributed by atoms with Crippen LogP contribution in [-0.4, -0.2) is 15.0 Å². The van der Waals surface area contributed by atoms with Crippen molar-refractivity contribution in [3.8, 4) is 0 Å². The van der Waals surface area contributed by atoms with Crippen LogP contribution in [-0.2, 0) is 10.0 Å². The lowest BCUT2D eigenvalue weighted by Gasteiger charge is -2.06. The molecule has 0 amide bonds. The fourth-order valence-corrected chi connectivity index (χ4v) is 2.66. The highest BCUT2D eigenvalue weighted by Crippen LogP contribution is 2.13. The Bertz CT molecular complexity index is 428. The SMILES string of the molecule is CCCCCCNS(=O)(=O)c1ccc(Cl)cc1. The number of benzene rings is 1. The highest BCUT2D eigenvalue weighted by atomic mass is 35.5. The van der Waals surface area contributed by atoms with E-state index in [1.54, 1.807) is 12.1 Å². The standard InChI is InChI=1S/C12H18ClNO2S/c1-2-3-4-5-10-14-17(15,16)12-8-6-11(13)7-9-12/h6-9,14H,2-5,10H2,1H3. The smallest absolute Gasteiger partial charge is 0.211 e. The molecule has 0 atom stereocenters. The van der Waals surface area contributed by atoms with E-state index in [4.69, 9.17) is 11.6 Å². The summed E-state index contributed by atoms with van der Waals surface area (Å²) in [5.74, 6) is 0. The third-order valence-corrected chi connectivity index (χ3v) is 4.18. The van der Waals surface area contributed by atoms with Gasteiger partial charge in [0, 0.05) is 11.6 Å². The summed E-state index contributed by atoms with van der Waals surface area (Å²) in [6, 6.07) is 6.17. The minimum atomic E-state index is -3.37. The molecule has 0 aliphatic rings. The van der Waals surface area contributed by atoms with Gasteiger partial charge >= 0.3 is 0 Å². The lowest BCUT2D eigenvalue weighted by atomic mass is 10.2. The molecular formula is C12H18ClNO2S. The van der Waals surface area contributed by atoms with Crippen molar-refractivity contribution in [1.82, 2.24) is 4.72 Å². The average molecular weight is 276 g/mol. The lowest BCUT2D eigenvalue weighted by Crippen LogP contribution is -2.24. The molecule has 17 heavy (non-hydrogen) atoms. The summed E-state index contributed by atoms with van der Waals surface area (Å²) >= 11 is 5.71. The summed E-state index contributed by atoms with van der Waals surface area (Å²) in [5, 5.41) is 0.534. The molecule has 0 unspecified atom stereocenters. The molecule has 3 nitrogen and oxygen atoms in total. The second-order valence-electron chi connectivity index (χ2n) is 3.91. The van der Waals surface area contributed by atoms with E-state index in [1.165, 1.54) is 12.1 Å². The molecule has 1 aromatic rings. The molecule has 1 rings (SSSR count). The van der Waals surface area contributed by atoms with Crippen molar-refractivity contribution in [3.05, 3.63) is 29.3 Å². The molecular weight excluding hydrogens is 258 g/mol. The van der Waals surface area contributed by atoms with Gasteiger partial charge < -0.3 is 0 Å². The molecule has 5 heteroatoms. The Hall–Kier alpha value is -0.580. The van der Waals surface area contributed by atoms with Crippen LogP contribution in [0.15, 0.2) is 29.2 Å². The van der Waals surface area contributed by atoms with Crippen LogP contribution in [0, 0.1) is 0 Å². The normalized spacial score (nSPS) is 11.6. The molecule has 1 N–H and O–H groups in total. The molecule has 0 saturated heterocycles. The van der Waals surface area contributed by atoms with E-state index in [1.807, 2.05) is 0 Å². The van der Waals surface area contributed by atoms with Crippen LogP contribution < -0.4 is 4.72 Å². The number of unbranched alkanes of at least 4 members (excludes halogenated alkanes) is 3. The Kier molecular flexibility index (Phi) is 5.95. The molecule has 0 aliphatic carbocycles. The van der Waals surface area contributed by atoms with Crippen molar-refractivity contribution in [3.63, 3.8) is 0 Å². The average Bonchev–Trinajstić information content (AvgIpc) is 2.29. The Morgan fingerprint density at radius 2 is 1.76 bits per heavy atom. The summed E-state index contributed by atoms with van der Waals surface area (Å²) in [6.45, 7) is 2.61. The quantitative estimate of drug-likeness (QED) is 0.777. The van der Waals surface area contributed by atoms with Crippen molar-refractivity contribution in [2.24, 2.45) is 0 Å². The molecule has 0 saturated carbocycles. The van der Waals surface area contributed by atoms with Crippen LogP contribution in [0.25, 0.3) is 0 Å². The maximum absolute atomic E-state index is 11.8. The minimum Gasteiger partial charge on any atom is -0.211 e. The van der Waals surface area contributed by atoms with Crippen LogP contribution in [0.4, 0.5) is 0 Å². The van der Waals surface area contributed by atoms with Gasteiger partial charge in [-0.25, -0.2) is 13.1 Å². The Balaban J connectivity index is 2.48. The van der Waals surface area contributed by atoms with E-state index in [2.05, 4.69) is 11.6 Å². The predicted molar refractivity (Wildman–Crippen MR) is 70.8 cm³/mol. The second kappa shape index (κ2) is 6.99. The van der Waals surface area contributed by atoms with Gasteiger partial charge in [0.25, 0.3) is 0 Å². The van der Waals surface area contributed by atoms with E-state index < -0.39 is 10.0 Å². The first-order chi connectivity index (χ1) is 8.06. The van der Waals surface area contributed by atoms with E-state index in [-0.39, 0.29) is 4.90 Å². The van der Waals surface area contributed by atoms with Gasteiger partial charge in [-0.2, -0.15) is 0 Å². The topological polar surface area (TPSA) is 46.2 Å². The van der Waals surface area contributed by atoms with Gasteiger partial charge in [-0.05, 0) is 30.7 Å². The number of rotatable bonds is 7. The highest BCUT2D eigenvalue weighted by molar-refractivity contribution is 7.89. The van der Waals surface area contributed by atoms with Gasteiger partial charge in [0.15, 0.2) is 0 Å². The summed E-state index contributed by atoms with van der Waals surface area (Å²) in [7, 11) is -3.37. The van der Waals surface area contributed by atoms with Crippen LogP contribution in [0.2, 0.25) is 5.02 Å². The van der Waals surface area contributed by atoms with Crippen molar-refractivity contribution < 1.29 is 8.42 Å². The van der Waals surface area contributed by atoms with Crippen LogP contribution >= 0.6 is 11.6 Å². The molecule has 1 aromatic carbocycles. The van der Waals surface area contributed by atoms with Gasteiger partial charge in [0.1, 0.15) is 0 Å². The first kappa shape index (κ1) is 14.5. The molecule has 0 fully saturated rings. The third kappa shape index (κ3) is 5.06. The van der Waals surface area contributed by atoms with Crippen molar-refractivity contribution in [1.29, 1.82) is 0 Å². The van der Waals surface area contributed by atoms with E-state index in [0.29, 0.717) is 11.6 Å². The number of sulfonamides is 1. The van der Waals surface area contributed by atoms with E-state index in [9.17, 15) is 8.42 Å². The fraction of sp³-hybridized carbons (Fsp3) is 0.500. The summed E-state index contributed by atoms with van der Waals surface area (Å²) < 4.78 is 26.2. The Morgan fingerprint density at radius 3 is 2.35 bits per heavy atom. The fourth-order valence-electron chi connectivity index (χ4n) is 1.46. The summed E-state index contributed by atoms with van der Waals surface area (Å²) in [5.41, 5.74) is 0. The van der Waals surface area contributed by atoms with Crippen molar-refractivity contribution >= 4 is 21.6 Å². The molecule has 0 spiro atoms. The third-order valence-electron chi connectivity index (χ3n) is 2.45. The monoisotopic (exact) mass is 275 g/mol. The van der Waals surface area contributed by atoms with E-state index >= 15 is 0 Å². The molecule has 0 aliphatic heterocycles. The number of hydrogen-bond donors (Lipinski definition) is 1. The van der Waals surface area contributed by atoms with Gasteiger partial charge in [-0.15, -0.1) is 0 Å². The minimum absolute atomic E-state index is 0.261. The van der Waals surface area contributed by atoms with Gasteiger partial charge in [-0.3, -0.25) is 0 Å². The maximum Gasteiger partial charge on any atom is 0.240 e. The first-order valence-electron chi connectivity index (χ1n) is 5.81. The zero-order valence-corrected chi connectivity index (χ0v) is 11.5. The van der Waals surface area contributed by atoms with Gasteiger partial charge in [-0.1, -0.05) is 37.8 Å². The number of halogens is 1. The van der Waals surface area contributed by atoms with E-state index in [0.717, 1.165) is 25.7 Å². The summed E-state index contributed by atoms with van der Waals surface area (Å²) in [6.07, 6.45) is 4.22. The van der Waals surface area contributed by atoms with Crippen molar-refractivity contribution in [2.45, 2.75) is 37.5 Å². The maximum atomic E-state index is 11.8. The number of nitrogens with one attached hydrogen (secondary N) is 1. The lowest BCUT2D eigenvalue weighted by molar-refractivity contribution is 0.573. The largest absolute Gasteiger partial charge is 0.240 e. The molecule has 96 valence electrons. The Labute approximate surface area is 108 Å². The zero-order valence-electron chi connectivity index (χ0n) is 9.95. The van der Waals surface area contributed by atoms with Gasteiger partial charge in [0.05, 0.1) is 4.90 Å². The van der Waals surface area contributed by atoms with Crippen LogP contribution in [0.1, 0.15) is 32.6 Å². The summed E-state index contributed by atoms with van der Waals surface area (Å²) in [4.78, 5) is 0.261. The van der Waals surface area contributed by atoms with Gasteiger partial charge in [0.2, 0.25) is 10.0 Å². The molecule has 0 aromatic heterocycles. The second-order valence-corrected chi connectivity index (χ2v) is 6.12. The number of hydrogen-bond acceptors (Lipinski definition) is 2. The van der Waals surface area contributed by atoms with Crippen LogP contribution in [0.3, 0.4) is 0 Å². The predicted octanol–water partition coefficient (Wildman–Crippen LogP) is 3.20. The first-order valence-corrected chi connectivity index (χ1v) is 7.67. The highest BCUT2D eigenvalue weighted by Gasteiger charge is 2.12. The molecule has 0 heterocycles. The van der Waals surface area contributed by atoms with Crippen molar-refractivity contribution in [2.75, 3.05) is 6.54 Å². The molecule has 0 bridgehead atoms.